The van der Waals surface area contributed by atoms with Crippen molar-refractivity contribution in [1.82, 2.24) is 14.8 Å². The Bertz CT molecular complexity index is 992. The van der Waals surface area contributed by atoms with Crippen LogP contribution in [0.15, 0.2) is 66.3 Å². The number of allylic oxidation sites excluding steroid dienone is 1. The van der Waals surface area contributed by atoms with Gasteiger partial charge in [0.25, 0.3) is 0 Å². The van der Waals surface area contributed by atoms with Crippen LogP contribution in [0.1, 0.15) is 11.4 Å². The van der Waals surface area contributed by atoms with Crippen LogP contribution in [0.3, 0.4) is 0 Å². The third-order valence-electron chi connectivity index (χ3n) is 4.12. The SMILES string of the molecule is C=CCn1c(CCc2ccccc2)nnc1SCC(=O)Nc1ccc(Cl)cc1Cl. The van der Waals surface area contributed by atoms with Gasteiger partial charge in [0.05, 0.1) is 16.5 Å². The number of hydrogen-bond donors (Lipinski definition) is 1. The van der Waals surface area contributed by atoms with Crippen molar-refractivity contribution >= 4 is 46.6 Å². The van der Waals surface area contributed by atoms with E-state index in [0.717, 1.165) is 18.7 Å². The first-order valence-corrected chi connectivity index (χ1v) is 10.8. The minimum atomic E-state index is -0.182. The van der Waals surface area contributed by atoms with Crippen LogP contribution >= 0.6 is 35.0 Å². The average Bonchev–Trinajstić information content (AvgIpc) is 3.10. The molecule has 0 saturated heterocycles. The predicted molar refractivity (Wildman–Crippen MR) is 120 cm³/mol. The Morgan fingerprint density at radius 1 is 1.14 bits per heavy atom. The van der Waals surface area contributed by atoms with Crippen molar-refractivity contribution in [2.24, 2.45) is 0 Å². The standard InChI is InChI=1S/C21H20Cl2N4OS/c1-2-12-27-19(11-8-15-6-4-3-5-7-15)25-26-21(27)29-14-20(28)24-18-10-9-16(22)13-17(18)23/h2-7,9-10,13H,1,8,11-12,14H2,(H,24,28). The van der Waals surface area contributed by atoms with E-state index in [9.17, 15) is 4.79 Å². The normalized spacial score (nSPS) is 10.7. The van der Waals surface area contributed by atoms with Gasteiger partial charge in [0.15, 0.2) is 5.16 Å². The van der Waals surface area contributed by atoms with Gasteiger partial charge in [0.2, 0.25) is 5.91 Å². The summed E-state index contributed by atoms with van der Waals surface area (Å²) in [4.78, 5) is 12.3. The highest BCUT2D eigenvalue weighted by atomic mass is 35.5. The fourth-order valence-electron chi connectivity index (χ4n) is 2.73. The second-order valence-corrected chi connectivity index (χ2v) is 8.03. The molecule has 1 heterocycles. The number of nitrogens with one attached hydrogen (secondary N) is 1. The number of amides is 1. The molecule has 0 unspecified atom stereocenters. The van der Waals surface area contributed by atoms with E-state index in [2.05, 4.69) is 34.2 Å². The van der Waals surface area contributed by atoms with E-state index >= 15 is 0 Å². The first kappa shape index (κ1) is 21.4. The quantitative estimate of drug-likeness (QED) is 0.358. The van der Waals surface area contributed by atoms with Gasteiger partial charge in [0.1, 0.15) is 5.82 Å². The number of aryl methyl sites for hydroxylation is 2. The molecule has 150 valence electrons. The molecule has 0 saturated carbocycles. The second kappa shape index (κ2) is 10.5. The van der Waals surface area contributed by atoms with Crippen LogP contribution in [0, 0.1) is 0 Å². The van der Waals surface area contributed by atoms with Gasteiger partial charge in [-0.25, -0.2) is 0 Å². The molecular formula is C21H20Cl2N4OS. The molecule has 0 bridgehead atoms. The number of nitrogens with zero attached hydrogens (tertiary/aromatic N) is 3. The largest absolute Gasteiger partial charge is 0.324 e. The van der Waals surface area contributed by atoms with E-state index in [0.29, 0.717) is 27.4 Å². The van der Waals surface area contributed by atoms with Crippen LogP contribution in [0.5, 0.6) is 0 Å². The first-order valence-electron chi connectivity index (χ1n) is 9.01. The number of hydrogen-bond acceptors (Lipinski definition) is 4. The molecule has 29 heavy (non-hydrogen) atoms. The molecule has 0 aliphatic rings. The highest BCUT2D eigenvalue weighted by Gasteiger charge is 2.14. The highest BCUT2D eigenvalue weighted by molar-refractivity contribution is 7.99. The number of carbonyl (C=O) groups excluding carboxylic acids is 1. The number of anilines is 1. The summed E-state index contributed by atoms with van der Waals surface area (Å²) in [5, 5.41) is 13.0. The van der Waals surface area contributed by atoms with Crippen LogP contribution in [0.25, 0.3) is 0 Å². The van der Waals surface area contributed by atoms with Crippen LogP contribution < -0.4 is 5.32 Å². The van der Waals surface area contributed by atoms with Gasteiger partial charge < -0.3 is 9.88 Å². The molecule has 0 atom stereocenters. The number of benzene rings is 2. The van der Waals surface area contributed by atoms with Crippen molar-refractivity contribution in [3.8, 4) is 0 Å². The number of aromatic nitrogens is 3. The molecule has 0 fully saturated rings. The van der Waals surface area contributed by atoms with Crippen LogP contribution in [-0.4, -0.2) is 26.4 Å². The predicted octanol–water partition coefficient (Wildman–Crippen LogP) is 5.29. The summed E-state index contributed by atoms with van der Waals surface area (Å²) in [6.45, 7) is 4.40. The number of rotatable bonds is 9. The molecule has 1 aromatic heterocycles. The summed E-state index contributed by atoms with van der Waals surface area (Å²) in [6, 6.07) is 15.2. The van der Waals surface area contributed by atoms with Crippen molar-refractivity contribution in [2.75, 3.05) is 11.1 Å². The summed E-state index contributed by atoms with van der Waals surface area (Å²) in [5.41, 5.74) is 1.77. The smallest absolute Gasteiger partial charge is 0.234 e. The zero-order chi connectivity index (χ0) is 20.6. The van der Waals surface area contributed by atoms with Gasteiger partial charge in [-0.05, 0) is 30.2 Å². The molecule has 0 aliphatic carbocycles. The number of carbonyl (C=O) groups is 1. The molecule has 0 radical (unpaired) electrons. The van der Waals surface area contributed by atoms with E-state index in [4.69, 9.17) is 23.2 Å². The molecule has 8 heteroatoms. The lowest BCUT2D eigenvalue weighted by Crippen LogP contribution is -2.15. The molecule has 3 aromatic rings. The van der Waals surface area contributed by atoms with Crippen molar-refractivity contribution in [3.05, 3.63) is 82.6 Å². The maximum absolute atomic E-state index is 12.3. The van der Waals surface area contributed by atoms with E-state index in [1.807, 2.05) is 22.8 Å². The molecule has 1 N–H and O–H groups in total. The van der Waals surface area contributed by atoms with Crippen LogP contribution in [0.4, 0.5) is 5.69 Å². The average molecular weight is 447 g/mol. The fraction of sp³-hybridized carbons (Fsp3) is 0.190. The first-order chi connectivity index (χ1) is 14.1. The summed E-state index contributed by atoms with van der Waals surface area (Å²) in [6.07, 6.45) is 3.43. The van der Waals surface area contributed by atoms with E-state index < -0.39 is 0 Å². The minimum absolute atomic E-state index is 0.182. The van der Waals surface area contributed by atoms with Gasteiger partial charge in [-0.15, -0.1) is 16.8 Å². The van der Waals surface area contributed by atoms with Crippen molar-refractivity contribution in [3.63, 3.8) is 0 Å². The van der Waals surface area contributed by atoms with Crippen molar-refractivity contribution in [1.29, 1.82) is 0 Å². The van der Waals surface area contributed by atoms with E-state index in [1.54, 1.807) is 24.3 Å². The lowest BCUT2D eigenvalue weighted by molar-refractivity contribution is -0.113. The van der Waals surface area contributed by atoms with Gasteiger partial charge in [-0.1, -0.05) is 71.4 Å². The maximum atomic E-state index is 12.3. The molecule has 2 aromatic carbocycles. The number of thioether (sulfide) groups is 1. The third kappa shape index (κ3) is 6.10. The summed E-state index contributed by atoms with van der Waals surface area (Å²) in [7, 11) is 0. The molecule has 0 spiro atoms. The molecule has 3 rings (SSSR count). The van der Waals surface area contributed by atoms with Gasteiger partial charge >= 0.3 is 0 Å². The van der Waals surface area contributed by atoms with E-state index in [-0.39, 0.29) is 11.7 Å². The van der Waals surface area contributed by atoms with Gasteiger partial charge in [-0.3, -0.25) is 4.79 Å². The Labute approximate surface area is 184 Å². The van der Waals surface area contributed by atoms with Crippen molar-refractivity contribution in [2.45, 2.75) is 24.5 Å². The van der Waals surface area contributed by atoms with Crippen molar-refractivity contribution < 1.29 is 4.79 Å². The van der Waals surface area contributed by atoms with E-state index in [1.165, 1.54) is 17.3 Å². The highest BCUT2D eigenvalue weighted by Crippen LogP contribution is 2.26. The Hall–Kier alpha value is -2.28. The molecule has 5 nitrogen and oxygen atoms in total. The zero-order valence-electron chi connectivity index (χ0n) is 15.6. The third-order valence-corrected chi connectivity index (χ3v) is 5.64. The van der Waals surface area contributed by atoms with Crippen LogP contribution in [0.2, 0.25) is 10.0 Å². The molecule has 0 aliphatic heterocycles. The van der Waals surface area contributed by atoms with Gasteiger partial charge in [0, 0.05) is 18.0 Å². The maximum Gasteiger partial charge on any atom is 0.234 e. The summed E-state index contributed by atoms with van der Waals surface area (Å²) >= 11 is 13.3. The Morgan fingerprint density at radius 2 is 1.93 bits per heavy atom. The van der Waals surface area contributed by atoms with Crippen LogP contribution in [-0.2, 0) is 24.2 Å². The fourth-order valence-corrected chi connectivity index (χ4v) is 3.95. The topological polar surface area (TPSA) is 59.8 Å². The lowest BCUT2D eigenvalue weighted by atomic mass is 10.1. The Kier molecular flexibility index (Phi) is 7.75. The lowest BCUT2D eigenvalue weighted by Gasteiger charge is -2.09. The summed E-state index contributed by atoms with van der Waals surface area (Å²) < 4.78 is 1.99. The zero-order valence-corrected chi connectivity index (χ0v) is 18.0. The Balaban J connectivity index is 1.61. The molecule has 1 amide bonds. The number of halogens is 2. The minimum Gasteiger partial charge on any atom is -0.324 e. The molecular weight excluding hydrogens is 427 g/mol. The monoisotopic (exact) mass is 446 g/mol. The van der Waals surface area contributed by atoms with Gasteiger partial charge in [-0.2, -0.15) is 0 Å². The summed E-state index contributed by atoms with van der Waals surface area (Å²) in [5.74, 6) is 0.878. The Morgan fingerprint density at radius 3 is 2.66 bits per heavy atom. The second-order valence-electron chi connectivity index (χ2n) is 6.24.